The van der Waals surface area contributed by atoms with Crippen LogP contribution in [0.2, 0.25) is 0 Å². The predicted octanol–water partition coefficient (Wildman–Crippen LogP) is 5.28. The first-order valence-electron chi connectivity index (χ1n) is 8.36. The Morgan fingerprint density at radius 3 is 2.40 bits per heavy atom. The zero-order valence-electron chi connectivity index (χ0n) is 13.0. The Labute approximate surface area is 123 Å². The molecule has 0 bridgehead atoms. The van der Waals surface area contributed by atoms with Crippen LogP contribution in [0.15, 0.2) is 24.3 Å². The lowest BCUT2D eigenvalue weighted by molar-refractivity contribution is -0.123. The maximum absolute atomic E-state index is 12.3. The molecule has 1 aliphatic rings. The summed E-state index contributed by atoms with van der Waals surface area (Å²) in [5.74, 6) is 1.26. The van der Waals surface area contributed by atoms with Crippen LogP contribution in [0.1, 0.15) is 75.8 Å². The van der Waals surface area contributed by atoms with E-state index >= 15 is 0 Å². The van der Waals surface area contributed by atoms with E-state index in [-0.39, 0.29) is 5.92 Å². The smallest absolute Gasteiger partial charge is 0.140 e. The molecule has 1 aromatic rings. The summed E-state index contributed by atoms with van der Waals surface area (Å²) in [4.78, 5) is 12.3. The molecule has 20 heavy (non-hydrogen) atoms. The minimum Gasteiger partial charge on any atom is -0.299 e. The van der Waals surface area contributed by atoms with Gasteiger partial charge >= 0.3 is 0 Å². The molecule has 0 aromatic heterocycles. The summed E-state index contributed by atoms with van der Waals surface area (Å²) in [5.41, 5.74) is 2.65. The number of unbranched alkanes of at least 4 members (excludes halogenated alkanes) is 2. The minimum absolute atomic E-state index is 0.169. The van der Waals surface area contributed by atoms with E-state index in [0.717, 1.165) is 19.3 Å². The van der Waals surface area contributed by atoms with Gasteiger partial charge in [0.05, 0.1) is 0 Å². The van der Waals surface area contributed by atoms with Crippen molar-refractivity contribution in [3.63, 3.8) is 0 Å². The number of carbonyl (C=O) groups excluding carboxylic acids is 1. The van der Waals surface area contributed by atoms with E-state index in [0.29, 0.717) is 11.7 Å². The SMILES string of the molecule is CCCCCc1ccc(C2CCC(CC)CC2=O)cc1. The van der Waals surface area contributed by atoms with Crippen LogP contribution >= 0.6 is 0 Å². The molecule has 1 fully saturated rings. The van der Waals surface area contributed by atoms with Crippen molar-refractivity contribution in [2.75, 3.05) is 0 Å². The van der Waals surface area contributed by atoms with Crippen molar-refractivity contribution in [3.05, 3.63) is 35.4 Å². The van der Waals surface area contributed by atoms with Crippen molar-refractivity contribution in [1.29, 1.82) is 0 Å². The second kappa shape index (κ2) is 7.61. The Bertz CT molecular complexity index is 418. The van der Waals surface area contributed by atoms with Crippen LogP contribution in [-0.2, 0) is 11.2 Å². The number of Topliss-reactive ketones (excluding diaryl/α,β-unsaturated/α-hetero) is 1. The first-order valence-corrected chi connectivity index (χ1v) is 8.36. The number of benzene rings is 1. The van der Waals surface area contributed by atoms with E-state index in [9.17, 15) is 4.79 Å². The van der Waals surface area contributed by atoms with Crippen molar-refractivity contribution in [3.8, 4) is 0 Å². The molecule has 0 N–H and O–H groups in total. The number of carbonyl (C=O) groups is 1. The highest BCUT2D eigenvalue weighted by Gasteiger charge is 2.28. The third kappa shape index (κ3) is 3.94. The Hall–Kier alpha value is -1.11. The van der Waals surface area contributed by atoms with Gasteiger partial charge in [0.15, 0.2) is 0 Å². The zero-order chi connectivity index (χ0) is 14.4. The summed E-state index contributed by atoms with van der Waals surface area (Å²) in [6.45, 7) is 4.44. The summed E-state index contributed by atoms with van der Waals surface area (Å²) < 4.78 is 0. The number of hydrogen-bond donors (Lipinski definition) is 0. The van der Waals surface area contributed by atoms with Gasteiger partial charge in [0.25, 0.3) is 0 Å². The van der Waals surface area contributed by atoms with E-state index in [4.69, 9.17) is 0 Å². The molecule has 1 aliphatic carbocycles. The average Bonchev–Trinajstić information content (AvgIpc) is 2.48. The Kier molecular flexibility index (Phi) is 5.82. The molecule has 0 heterocycles. The monoisotopic (exact) mass is 272 g/mol. The molecule has 1 nitrogen and oxygen atoms in total. The highest BCUT2D eigenvalue weighted by molar-refractivity contribution is 5.86. The van der Waals surface area contributed by atoms with Crippen molar-refractivity contribution in [2.45, 2.75) is 71.1 Å². The van der Waals surface area contributed by atoms with Crippen LogP contribution in [0.4, 0.5) is 0 Å². The lowest BCUT2D eigenvalue weighted by Gasteiger charge is -2.27. The van der Waals surface area contributed by atoms with Crippen molar-refractivity contribution in [1.82, 2.24) is 0 Å². The molecular formula is C19H28O. The van der Waals surface area contributed by atoms with Gasteiger partial charge < -0.3 is 0 Å². The number of hydrogen-bond acceptors (Lipinski definition) is 1. The van der Waals surface area contributed by atoms with Gasteiger partial charge in [-0.3, -0.25) is 4.79 Å². The molecule has 0 radical (unpaired) electrons. The highest BCUT2D eigenvalue weighted by atomic mass is 16.1. The fraction of sp³-hybridized carbons (Fsp3) is 0.632. The van der Waals surface area contributed by atoms with Crippen LogP contribution in [-0.4, -0.2) is 5.78 Å². The van der Waals surface area contributed by atoms with Crippen molar-refractivity contribution < 1.29 is 4.79 Å². The largest absolute Gasteiger partial charge is 0.299 e. The molecule has 1 saturated carbocycles. The molecule has 0 amide bonds. The second-order valence-electron chi connectivity index (χ2n) is 6.27. The molecular weight excluding hydrogens is 244 g/mol. The number of aryl methyl sites for hydroxylation is 1. The third-order valence-electron chi connectivity index (χ3n) is 4.77. The minimum atomic E-state index is 0.169. The maximum Gasteiger partial charge on any atom is 0.140 e. The Morgan fingerprint density at radius 1 is 1.05 bits per heavy atom. The zero-order valence-corrected chi connectivity index (χ0v) is 13.0. The molecule has 0 spiro atoms. The average molecular weight is 272 g/mol. The third-order valence-corrected chi connectivity index (χ3v) is 4.77. The van der Waals surface area contributed by atoms with Gasteiger partial charge in [-0.25, -0.2) is 0 Å². The summed E-state index contributed by atoms with van der Waals surface area (Å²) in [6, 6.07) is 8.83. The van der Waals surface area contributed by atoms with Gasteiger partial charge in [0.2, 0.25) is 0 Å². The standard InChI is InChI=1S/C19H28O/c1-3-5-6-7-16-8-11-17(12-9-16)18-13-10-15(4-2)14-19(18)20/h8-9,11-12,15,18H,3-7,10,13-14H2,1-2H3. The first kappa shape index (κ1) is 15.3. The Morgan fingerprint density at radius 2 is 1.80 bits per heavy atom. The van der Waals surface area contributed by atoms with Crippen molar-refractivity contribution >= 4 is 5.78 Å². The molecule has 2 unspecified atom stereocenters. The maximum atomic E-state index is 12.3. The van der Waals surface area contributed by atoms with E-state index < -0.39 is 0 Å². The van der Waals surface area contributed by atoms with Crippen LogP contribution in [0.25, 0.3) is 0 Å². The predicted molar refractivity (Wildman–Crippen MR) is 85.1 cm³/mol. The molecule has 0 aliphatic heterocycles. The number of rotatable bonds is 6. The molecule has 2 atom stereocenters. The topological polar surface area (TPSA) is 17.1 Å². The van der Waals surface area contributed by atoms with Crippen molar-refractivity contribution in [2.24, 2.45) is 5.92 Å². The van der Waals surface area contributed by atoms with Gasteiger partial charge in [0, 0.05) is 12.3 Å². The van der Waals surface area contributed by atoms with E-state index in [1.54, 1.807) is 0 Å². The normalized spacial score (nSPS) is 23.0. The van der Waals surface area contributed by atoms with E-state index in [2.05, 4.69) is 38.1 Å². The van der Waals surface area contributed by atoms with Crippen LogP contribution in [0.3, 0.4) is 0 Å². The Balaban J connectivity index is 1.94. The lowest BCUT2D eigenvalue weighted by atomic mass is 9.77. The number of ketones is 1. The fourth-order valence-electron chi connectivity index (χ4n) is 3.29. The van der Waals surface area contributed by atoms with Gasteiger partial charge in [-0.15, -0.1) is 0 Å². The lowest BCUT2D eigenvalue weighted by Crippen LogP contribution is -2.23. The molecule has 0 saturated heterocycles. The van der Waals surface area contributed by atoms with Gasteiger partial charge in [0.1, 0.15) is 5.78 Å². The first-order chi connectivity index (χ1) is 9.74. The fourth-order valence-corrected chi connectivity index (χ4v) is 3.29. The summed E-state index contributed by atoms with van der Waals surface area (Å²) in [6.07, 6.45) is 9.22. The summed E-state index contributed by atoms with van der Waals surface area (Å²) in [5, 5.41) is 0. The molecule has 1 aromatic carbocycles. The van der Waals surface area contributed by atoms with E-state index in [1.807, 2.05) is 0 Å². The van der Waals surface area contributed by atoms with E-state index in [1.165, 1.54) is 43.2 Å². The van der Waals surface area contributed by atoms with Gasteiger partial charge in [-0.1, -0.05) is 57.4 Å². The van der Waals surface area contributed by atoms with Gasteiger partial charge in [-0.05, 0) is 42.7 Å². The second-order valence-corrected chi connectivity index (χ2v) is 6.27. The molecule has 1 heteroatoms. The quantitative estimate of drug-likeness (QED) is 0.644. The molecule has 110 valence electrons. The van der Waals surface area contributed by atoms with Crippen LogP contribution in [0.5, 0.6) is 0 Å². The summed E-state index contributed by atoms with van der Waals surface area (Å²) in [7, 11) is 0. The van der Waals surface area contributed by atoms with Crippen LogP contribution < -0.4 is 0 Å². The van der Waals surface area contributed by atoms with Gasteiger partial charge in [-0.2, -0.15) is 0 Å². The van der Waals surface area contributed by atoms with Crippen LogP contribution in [0, 0.1) is 5.92 Å². The molecule has 2 rings (SSSR count). The summed E-state index contributed by atoms with van der Waals surface area (Å²) >= 11 is 0. The highest BCUT2D eigenvalue weighted by Crippen LogP contribution is 2.34.